The largest absolute Gasteiger partial charge is 0.334 e. The van der Waals surface area contributed by atoms with Crippen LogP contribution >= 0.6 is 0 Å². The fraction of sp³-hybridized carbons (Fsp3) is 0.500. The van der Waals surface area contributed by atoms with Gasteiger partial charge in [-0.3, -0.25) is 14.9 Å². The molecule has 0 radical (unpaired) electrons. The molecule has 0 saturated carbocycles. The normalized spacial score (nSPS) is 21.6. The molecule has 0 spiro atoms. The maximum absolute atomic E-state index is 12.6. The summed E-state index contributed by atoms with van der Waals surface area (Å²) in [5, 5.41) is 5.70. The minimum absolute atomic E-state index is 0.0825. The van der Waals surface area contributed by atoms with Crippen LogP contribution in [0.3, 0.4) is 0 Å². The summed E-state index contributed by atoms with van der Waals surface area (Å²) < 4.78 is 0. The standard InChI is InChI=1S/C18H25N5O2/c1-12-4-5-14(10-13(12)2)19-17(25)15-11-16(24)21-18(20-15)23-8-6-22(3)7-9-23/h4-5,10,15H,6-9,11H2,1-3H3,(H,19,25)(H,20,21,24)/p+1/t15-/m1/s1. The van der Waals surface area contributed by atoms with Crippen LogP contribution in [-0.4, -0.2) is 61.9 Å². The topological polar surface area (TPSA) is 78.2 Å². The number of benzene rings is 1. The third-order valence-corrected chi connectivity index (χ3v) is 4.90. The average molecular weight is 344 g/mol. The monoisotopic (exact) mass is 344 g/mol. The molecule has 2 aliphatic rings. The minimum Gasteiger partial charge on any atom is -0.334 e. The molecule has 1 aromatic rings. The van der Waals surface area contributed by atoms with Crippen molar-refractivity contribution >= 4 is 23.5 Å². The summed E-state index contributed by atoms with van der Waals surface area (Å²) >= 11 is 0. The molecule has 2 amide bonds. The van der Waals surface area contributed by atoms with E-state index in [-0.39, 0.29) is 18.2 Å². The molecule has 0 aromatic heterocycles. The number of amides is 2. The van der Waals surface area contributed by atoms with Crippen LogP contribution in [-0.2, 0) is 9.59 Å². The molecule has 1 saturated heterocycles. The average Bonchev–Trinajstić information content (AvgIpc) is 2.58. The lowest BCUT2D eigenvalue weighted by atomic mass is 10.1. The summed E-state index contributed by atoms with van der Waals surface area (Å²) in [6, 6.07) is 5.10. The lowest BCUT2D eigenvalue weighted by Crippen LogP contribution is -3.12. The van der Waals surface area contributed by atoms with Crippen LogP contribution in [0.1, 0.15) is 17.5 Å². The fourth-order valence-corrected chi connectivity index (χ4v) is 3.03. The molecule has 3 rings (SSSR count). The minimum atomic E-state index is -0.683. The van der Waals surface area contributed by atoms with Crippen molar-refractivity contribution in [3.63, 3.8) is 0 Å². The number of aryl methyl sites for hydroxylation is 2. The van der Waals surface area contributed by atoms with E-state index in [1.54, 1.807) is 0 Å². The number of aliphatic imine (C=N–C) groups is 1. The molecule has 3 N–H and O–H groups in total. The maximum Gasteiger partial charge on any atom is 0.249 e. The van der Waals surface area contributed by atoms with E-state index in [9.17, 15) is 9.59 Å². The van der Waals surface area contributed by atoms with Crippen LogP contribution in [0.25, 0.3) is 0 Å². The van der Waals surface area contributed by atoms with Crippen LogP contribution in [0, 0.1) is 13.8 Å². The first-order valence-corrected chi connectivity index (χ1v) is 8.74. The summed E-state index contributed by atoms with van der Waals surface area (Å²) in [7, 11) is 2.15. The van der Waals surface area contributed by atoms with E-state index < -0.39 is 6.04 Å². The van der Waals surface area contributed by atoms with Gasteiger partial charge in [-0.1, -0.05) is 6.07 Å². The molecule has 2 heterocycles. The number of carbonyl (C=O) groups is 2. The number of hydrogen-bond donors (Lipinski definition) is 3. The van der Waals surface area contributed by atoms with Crippen molar-refractivity contribution in [3.05, 3.63) is 29.3 Å². The first-order chi connectivity index (χ1) is 11.9. The van der Waals surface area contributed by atoms with Crippen molar-refractivity contribution in [2.45, 2.75) is 26.3 Å². The van der Waals surface area contributed by atoms with Gasteiger partial charge in [0.2, 0.25) is 17.8 Å². The van der Waals surface area contributed by atoms with Gasteiger partial charge in [-0.15, -0.1) is 0 Å². The fourth-order valence-electron chi connectivity index (χ4n) is 3.03. The summed E-state index contributed by atoms with van der Waals surface area (Å²) in [5.41, 5.74) is 3.02. The number of likely N-dealkylation sites (N-methyl/N-ethyl adjacent to an activating group) is 1. The summed E-state index contributed by atoms with van der Waals surface area (Å²) in [5.74, 6) is 0.135. The van der Waals surface area contributed by atoms with E-state index in [1.807, 2.05) is 32.0 Å². The highest BCUT2D eigenvalue weighted by atomic mass is 16.2. The van der Waals surface area contributed by atoms with E-state index in [0.717, 1.165) is 37.4 Å². The SMILES string of the molecule is Cc1ccc(NC(=O)[C@H]2CC(=O)NC(N3CC[NH+](C)CC3)=N2)cc1C. The molecule has 134 valence electrons. The summed E-state index contributed by atoms with van der Waals surface area (Å²) in [4.78, 5) is 32.6. The number of piperazine rings is 1. The number of guanidine groups is 1. The number of rotatable bonds is 2. The lowest BCUT2D eigenvalue weighted by molar-refractivity contribution is -0.883. The Hall–Kier alpha value is -2.41. The number of anilines is 1. The molecule has 7 nitrogen and oxygen atoms in total. The molecule has 2 aliphatic heterocycles. The Morgan fingerprint density at radius 1 is 1.28 bits per heavy atom. The van der Waals surface area contributed by atoms with Gasteiger partial charge >= 0.3 is 0 Å². The molecular weight excluding hydrogens is 318 g/mol. The third-order valence-electron chi connectivity index (χ3n) is 4.90. The van der Waals surface area contributed by atoms with Crippen LogP contribution in [0.5, 0.6) is 0 Å². The van der Waals surface area contributed by atoms with Crippen molar-refractivity contribution in [1.82, 2.24) is 10.2 Å². The Kier molecular flexibility index (Phi) is 5.03. The highest BCUT2D eigenvalue weighted by molar-refractivity contribution is 6.06. The van der Waals surface area contributed by atoms with Gasteiger partial charge in [0.25, 0.3) is 0 Å². The van der Waals surface area contributed by atoms with Crippen molar-refractivity contribution in [2.24, 2.45) is 4.99 Å². The predicted octanol–water partition coefficient (Wildman–Crippen LogP) is -0.683. The number of hydrogen-bond acceptors (Lipinski definition) is 4. The second kappa shape index (κ2) is 7.23. The van der Waals surface area contributed by atoms with Gasteiger partial charge in [-0.25, -0.2) is 4.99 Å². The first kappa shape index (κ1) is 17.4. The van der Waals surface area contributed by atoms with Crippen molar-refractivity contribution in [3.8, 4) is 0 Å². The quantitative estimate of drug-likeness (QED) is 0.665. The second-order valence-corrected chi connectivity index (χ2v) is 6.95. The zero-order chi connectivity index (χ0) is 18.0. The Balaban J connectivity index is 1.71. The molecule has 25 heavy (non-hydrogen) atoms. The molecule has 1 aromatic carbocycles. The maximum atomic E-state index is 12.6. The Morgan fingerprint density at radius 3 is 2.68 bits per heavy atom. The van der Waals surface area contributed by atoms with E-state index in [1.165, 1.54) is 10.5 Å². The van der Waals surface area contributed by atoms with Gasteiger partial charge in [0, 0.05) is 5.69 Å². The number of nitrogens with zero attached hydrogens (tertiary/aromatic N) is 2. The summed E-state index contributed by atoms with van der Waals surface area (Å²) in [6.45, 7) is 7.68. The van der Waals surface area contributed by atoms with Crippen LogP contribution in [0.2, 0.25) is 0 Å². The predicted molar refractivity (Wildman–Crippen MR) is 96.7 cm³/mol. The van der Waals surface area contributed by atoms with Crippen molar-refractivity contribution in [2.75, 3.05) is 38.5 Å². The van der Waals surface area contributed by atoms with Crippen LogP contribution in [0.4, 0.5) is 5.69 Å². The molecule has 0 bridgehead atoms. The number of quaternary nitrogens is 1. The zero-order valence-corrected chi connectivity index (χ0v) is 15.1. The van der Waals surface area contributed by atoms with Gasteiger partial charge in [0.05, 0.1) is 39.6 Å². The molecule has 1 fully saturated rings. The zero-order valence-electron chi connectivity index (χ0n) is 15.1. The highest BCUT2D eigenvalue weighted by Crippen LogP contribution is 2.16. The van der Waals surface area contributed by atoms with Crippen molar-refractivity contribution < 1.29 is 14.5 Å². The number of nitrogens with one attached hydrogen (secondary N) is 3. The van der Waals surface area contributed by atoms with Gasteiger partial charge in [-0.2, -0.15) is 0 Å². The van der Waals surface area contributed by atoms with Gasteiger partial charge < -0.3 is 15.1 Å². The van der Waals surface area contributed by atoms with Gasteiger partial charge in [0.1, 0.15) is 6.04 Å². The Labute approximate surface area is 148 Å². The van der Waals surface area contributed by atoms with Crippen LogP contribution < -0.4 is 15.5 Å². The van der Waals surface area contributed by atoms with Gasteiger partial charge in [-0.05, 0) is 37.1 Å². The second-order valence-electron chi connectivity index (χ2n) is 6.95. The van der Waals surface area contributed by atoms with E-state index in [2.05, 4.69) is 27.6 Å². The van der Waals surface area contributed by atoms with E-state index >= 15 is 0 Å². The molecule has 0 unspecified atom stereocenters. The lowest BCUT2D eigenvalue weighted by Gasteiger charge is -2.34. The Bertz CT molecular complexity index is 707. The molecule has 7 heteroatoms. The first-order valence-electron chi connectivity index (χ1n) is 8.74. The molecule has 1 atom stereocenters. The Morgan fingerprint density at radius 2 is 2.00 bits per heavy atom. The number of carbonyl (C=O) groups excluding carboxylic acids is 2. The highest BCUT2D eigenvalue weighted by Gasteiger charge is 2.30. The third kappa shape index (κ3) is 4.17. The van der Waals surface area contributed by atoms with Crippen molar-refractivity contribution in [1.29, 1.82) is 0 Å². The van der Waals surface area contributed by atoms with E-state index in [4.69, 9.17) is 0 Å². The molecular formula is C18H26N5O2+. The smallest absolute Gasteiger partial charge is 0.249 e. The molecule has 0 aliphatic carbocycles. The van der Waals surface area contributed by atoms with Gasteiger partial charge in [0.15, 0.2) is 0 Å². The van der Waals surface area contributed by atoms with Crippen LogP contribution in [0.15, 0.2) is 23.2 Å². The van der Waals surface area contributed by atoms with E-state index in [0.29, 0.717) is 5.96 Å². The summed E-state index contributed by atoms with van der Waals surface area (Å²) in [6.07, 6.45) is 0.0825.